The summed E-state index contributed by atoms with van der Waals surface area (Å²) < 4.78 is 7.13. The lowest BCUT2D eigenvalue weighted by Crippen LogP contribution is -2.25. The molecule has 2 unspecified atom stereocenters. The molecular formula is C12H19N3O2. The second-order valence-electron chi connectivity index (χ2n) is 5.48. The van der Waals surface area contributed by atoms with Gasteiger partial charge in [-0.2, -0.15) is 0 Å². The van der Waals surface area contributed by atoms with Crippen molar-refractivity contribution in [1.82, 2.24) is 15.0 Å². The Morgan fingerprint density at radius 1 is 1.59 bits per heavy atom. The average Bonchev–Trinajstić information content (AvgIpc) is 2.87. The van der Waals surface area contributed by atoms with Crippen LogP contribution in [0.15, 0.2) is 6.20 Å². The molecule has 2 atom stereocenters. The van der Waals surface area contributed by atoms with Crippen molar-refractivity contribution in [1.29, 1.82) is 0 Å². The highest BCUT2D eigenvalue weighted by Gasteiger charge is 2.47. The molecule has 0 radical (unpaired) electrons. The first-order valence-electron chi connectivity index (χ1n) is 6.03. The molecule has 1 fully saturated rings. The Hall–Kier alpha value is -1.39. The molecule has 1 saturated carbocycles. The Morgan fingerprint density at radius 2 is 2.29 bits per heavy atom. The standard InChI is InChI=1S/C12H19N3O2/c1-5-15-7-10(13-14-15)8-6-9(8)11(16)17-12(2,3)4/h7-9H,5-6H2,1-4H3. The summed E-state index contributed by atoms with van der Waals surface area (Å²) in [5.41, 5.74) is 0.494. The molecule has 5 heteroatoms. The molecule has 0 aliphatic heterocycles. The van der Waals surface area contributed by atoms with Crippen molar-refractivity contribution >= 4 is 5.97 Å². The smallest absolute Gasteiger partial charge is 0.310 e. The Kier molecular flexibility index (Phi) is 2.93. The number of ether oxygens (including phenoxy) is 1. The van der Waals surface area contributed by atoms with Gasteiger partial charge in [0, 0.05) is 18.7 Å². The van der Waals surface area contributed by atoms with Crippen LogP contribution in [0.2, 0.25) is 0 Å². The van der Waals surface area contributed by atoms with Crippen LogP contribution in [0.25, 0.3) is 0 Å². The molecule has 2 rings (SSSR count). The summed E-state index contributed by atoms with van der Waals surface area (Å²) in [4.78, 5) is 11.8. The van der Waals surface area contributed by atoms with E-state index in [0.29, 0.717) is 0 Å². The van der Waals surface area contributed by atoms with Crippen molar-refractivity contribution in [3.8, 4) is 0 Å². The van der Waals surface area contributed by atoms with Crippen LogP contribution in [0.4, 0.5) is 0 Å². The molecule has 1 heterocycles. The highest BCUT2D eigenvalue weighted by molar-refractivity contribution is 5.77. The van der Waals surface area contributed by atoms with E-state index in [1.54, 1.807) is 4.68 Å². The molecule has 0 spiro atoms. The molecule has 0 N–H and O–H groups in total. The molecule has 1 aromatic heterocycles. The van der Waals surface area contributed by atoms with Gasteiger partial charge in [0.2, 0.25) is 0 Å². The van der Waals surface area contributed by atoms with E-state index in [1.807, 2.05) is 33.9 Å². The molecule has 94 valence electrons. The Balaban J connectivity index is 1.94. The van der Waals surface area contributed by atoms with E-state index < -0.39 is 5.60 Å². The maximum atomic E-state index is 11.8. The zero-order valence-electron chi connectivity index (χ0n) is 10.8. The third-order valence-electron chi connectivity index (χ3n) is 2.76. The van der Waals surface area contributed by atoms with E-state index in [-0.39, 0.29) is 17.8 Å². The van der Waals surface area contributed by atoms with Gasteiger partial charge >= 0.3 is 5.97 Å². The number of nitrogens with zero attached hydrogens (tertiary/aromatic N) is 3. The maximum Gasteiger partial charge on any atom is 0.310 e. The summed E-state index contributed by atoms with van der Waals surface area (Å²) in [5.74, 6) is 0.0509. The molecule has 0 bridgehead atoms. The largest absolute Gasteiger partial charge is 0.460 e. The second-order valence-corrected chi connectivity index (χ2v) is 5.48. The number of carbonyl (C=O) groups excluding carboxylic acids is 1. The summed E-state index contributed by atoms with van der Waals surface area (Å²) in [6, 6.07) is 0. The number of carbonyl (C=O) groups is 1. The predicted octanol–water partition coefficient (Wildman–Crippen LogP) is 1.74. The average molecular weight is 237 g/mol. The maximum absolute atomic E-state index is 11.8. The van der Waals surface area contributed by atoms with E-state index in [2.05, 4.69) is 10.3 Å². The van der Waals surface area contributed by atoms with Crippen LogP contribution < -0.4 is 0 Å². The number of esters is 1. The fourth-order valence-electron chi connectivity index (χ4n) is 1.80. The molecule has 1 aromatic rings. The fourth-order valence-corrected chi connectivity index (χ4v) is 1.80. The second kappa shape index (κ2) is 4.13. The van der Waals surface area contributed by atoms with E-state index in [9.17, 15) is 4.79 Å². The van der Waals surface area contributed by atoms with Crippen LogP contribution in [0.5, 0.6) is 0 Å². The first kappa shape index (κ1) is 12.1. The van der Waals surface area contributed by atoms with Gasteiger partial charge in [0.05, 0.1) is 11.6 Å². The topological polar surface area (TPSA) is 57.0 Å². The normalized spacial score (nSPS) is 23.5. The minimum Gasteiger partial charge on any atom is -0.460 e. The molecular weight excluding hydrogens is 218 g/mol. The molecule has 5 nitrogen and oxygen atoms in total. The lowest BCUT2D eigenvalue weighted by molar-refractivity contribution is -0.156. The van der Waals surface area contributed by atoms with Gasteiger partial charge in [-0.25, -0.2) is 0 Å². The number of hydrogen-bond acceptors (Lipinski definition) is 4. The van der Waals surface area contributed by atoms with Crippen molar-refractivity contribution in [2.75, 3.05) is 0 Å². The van der Waals surface area contributed by atoms with Crippen molar-refractivity contribution in [3.05, 3.63) is 11.9 Å². The number of aryl methyl sites for hydroxylation is 1. The van der Waals surface area contributed by atoms with Gasteiger partial charge in [0.15, 0.2) is 0 Å². The molecule has 0 saturated heterocycles. The number of hydrogen-bond donors (Lipinski definition) is 0. The van der Waals surface area contributed by atoms with Crippen LogP contribution >= 0.6 is 0 Å². The quantitative estimate of drug-likeness (QED) is 0.751. The SMILES string of the molecule is CCn1cc(C2CC2C(=O)OC(C)(C)C)nn1. The Bertz CT molecular complexity index is 420. The van der Waals surface area contributed by atoms with Gasteiger partial charge in [-0.1, -0.05) is 5.21 Å². The third-order valence-corrected chi connectivity index (χ3v) is 2.76. The first-order chi connectivity index (χ1) is 7.90. The van der Waals surface area contributed by atoms with Crippen molar-refractivity contribution in [2.45, 2.75) is 52.2 Å². The first-order valence-corrected chi connectivity index (χ1v) is 6.03. The van der Waals surface area contributed by atoms with Crippen LogP contribution in [-0.4, -0.2) is 26.6 Å². The summed E-state index contributed by atoms with van der Waals surface area (Å²) >= 11 is 0. The molecule has 1 aliphatic carbocycles. The monoisotopic (exact) mass is 237 g/mol. The van der Waals surface area contributed by atoms with Crippen LogP contribution in [0.1, 0.15) is 45.7 Å². The summed E-state index contributed by atoms with van der Waals surface area (Å²) in [7, 11) is 0. The minimum atomic E-state index is -0.411. The summed E-state index contributed by atoms with van der Waals surface area (Å²) in [6.45, 7) is 8.47. The lowest BCUT2D eigenvalue weighted by atomic mass is 10.2. The fraction of sp³-hybridized carbons (Fsp3) is 0.750. The highest BCUT2D eigenvalue weighted by atomic mass is 16.6. The Labute approximate surface area is 101 Å². The van der Waals surface area contributed by atoms with Crippen LogP contribution in [0.3, 0.4) is 0 Å². The van der Waals surface area contributed by atoms with Crippen molar-refractivity contribution < 1.29 is 9.53 Å². The molecule has 0 amide bonds. The summed E-state index contributed by atoms with van der Waals surface area (Å²) in [5, 5.41) is 8.06. The highest BCUT2D eigenvalue weighted by Crippen LogP contribution is 2.47. The Morgan fingerprint density at radius 3 is 2.82 bits per heavy atom. The lowest BCUT2D eigenvalue weighted by Gasteiger charge is -2.19. The van der Waals surface area contributed by atoms with Crippen molar-refractivity contribution in [3.63, 3.8) is 0 Å². The predicted molar refractivity (Wildman–Crippen MR) is 62.4 cm³/mol. The van der Waals surface area contributed by atoms with E-state index in [1.165, 1.54) is 0 Å². The number of rotatable bonds is 3. The third kappa shape index (κ3) is 2.84. The molecule has 1 aliphatic rings. The molecule has 0 aromatic carbocycles. The van der Waals surface area contributed by atoms with Crippen LogP contribution in [-0.2, 0) is 16.1 Å². The van der Waals surface area contributed by atoms with Gasteiger partial charge in [-0.3, -0.25) is 9.48 Å². The van der Waals surface area contributed by atoms with Crippen LogP contribution in [0, 0.1) is 5.92 Å². The van der Waals surface area contributed by atoms with Crippen molar-refractivity contribution in [2.24, 2.45) is 5.92 Å². The van der Waals surface area contributed by atoms with Gasteiger partial charge < -0.3 is 4.74 Å². The minimum absolute atomic E-state index is 0.0313. The van der Waals surface area contributed by atoms with Gasteiger partial charge in [-0.15, -0.1) is 5.10 Å². The van der Waals surface area contributed by atoms with E-state index >= 15 is 0 Å². The van der Waals surface area contributed by atoms with Gasteiger partial charge in [0.1, 0.15) is 5.60 Å². The van der Waals surface area contributed by atoms with E-state index in [4.69, 9.17) is 4.74 Å². The zero-order chi connectivity index (χ0) is 12.6. The van der Waals surface area contributed by atoms with Gasteiger partial charge in [0.25, 0.3) is 0 Å². The zero-order valence-corrected chi connectivity index (χ0v) is 10.8. The summed E-state index contributed by atoms with van der Waals surface area (Å²) in [6.07, 6.45) is 2.74. The molecule has 17 heavy (non-hydrogen) atoms. The van der Waals surface area contributed by atoms with E-state index in [0.717, 1.165) is 18.7 Å². The number of aromatic nitrogens is 3. The van der Waals surface area contributed by atoms with Gasteiger partial charge in [-0.05, 0) is 34.1 Å².